The van der Waals surface area contributed by atoms with Gasteiger partial charge in [0.1, 0.15) is 0 Å². The van der Waals surface area contributed by atoms with E-state index in [1.807, 2.05) is 0 Å². The average Bonchev–Trinajstić information content (AvgIpc) is 3.16. The standard InChI is InChI=1S/C17H30N2/c1-4-10-17(11-5-1)13-18-16(14-8-9-14)12-19(17)15-6-2-3-7-15/h14-16,18H,1-13H2. The fourth-order valence-electron chi connectivity index (χ4n) is 5.13. The first kappa shape index (κ1) is 12.6. The second kappa shape index (κ2) is 5.04. The van der Waals surface area contributed by atoms with Crippen LogP contribution in [0.1, 0.15) is 70.6 Å². The van der Waals surface area contributed by atoms with Gasteiger partial charge in [0.2, 0.25) is 0 Å². The maximum Gasteiger partial charge on any atom is 0.0337 e. The Morgan fingerprint density at radius 3 is 2.26 bits per heavy atom. The van der Waals surface area contributed by atoms with Crippen molar-refractivity contribution in [1.82, 2.24) is 10.2 Å². The molecular formula is C17H30N2. The van der Waals surface area contributed by atoms with Crippen molar-refractivity contribution in [2.75, 3.05) is 13.1 Å². The molecule has 1 atom stereocenters. The van der Waals surface area contributed by atoms with Gasteiger partial charge >= 0.3 is 0 Å². The summed E-state index contributed by atoms with van der Waals surface area (Å²) in [6.45, 7) is 2.67. The van der Waals surface area contributed by atoms with Crippen molar-refractivity contribution in [1.29, 1.82) is 0 Å². The van der Waals surface area contributed by atoms with Gasteiger partial charge in [0, 0.05) is 30.7 Å². The minimum atomic E-state index is 0.554. The summed E-state index contributed by atoms with van der Waals surface area (Å²) in [6.07, 6.45) is 16.3. The van der Waals surface area contributed by atoms with E-state index in [9.17, 15) is 0 Å². The van der Waals surface area contributed by atoms with Crippen LogP contribution in [0.2, 0.25) is 0 Å². The summed E-state index contributed by atoms with van der Waals surface area (Å²) < 4.78 is 0. The second-order valence-electron chi connectivity index (χ2n) is 7.70. The molecule has 108 valence electrons. The summed E-state index contributed by atoms with van der Waals surface area (Å²) in [5.41, 5.74) is 0.554. The molecule has 4 aliphatic rings. The Hall–Kier alpha value is -0.0800. The largest absolute Gasteiger partial charge is 0.311 e. The molecule has 1 heterocycles. The quantitative estimate of drug-likeness (QED) is 0.821. The van der Waals surface area contributed by atoms with Crippen molar-refractivity contribution in [2.24, 2.45) is 5.92 Å². The van der Waals surface area contributed by atoms with Gasteiger partial charge < -0.3 is 5.32 Å². The molecule has 0 aromatic rings. The fourth-order valence-corrected chi connectivity index (χ4v) is 5.13. The zero-order valence-electron chi connectivity index (χ0n) is 12.4. The number of hydrogen-bond acceptors (Lipinski definition) is 2. The van der Waals surface area contributed by atoms with Crippen LogP contribution < -0.4 is 5.32 Å². The highest BCUT2D eigenvalue weighted by Gasteiger charge is 2.47. The normalized spacial score (nSPS) is 36.9. The molecule has 3 aliphatic carbocycles. The number of hydrogen-bond donors (Lipinski definition) is 1. The molecular weight excluding hydrogens is 232 g/mol. The first-order valence-electron chi connectivity index (χ1n) is 8.88. The molecule has 2 heteroatoms. The van der Waals surface area contributed by atoms with Gasteiger partial charge in [-0.2, -0.15) is 0 Å². The topological polar surface area (TPSA) is 15.3 Å². The van der Waals surface area contributed by atoms with Gasteiger partial charge in [-0.05, 0) is 44.4 Å². The van der Waals surface area contributed by atoms with Gasteiger partial charge in [-0.25, -0.2) is 0 Å². The molecule has 0 aromatic carbocycles. The smallest absolute Gasteiger partial charge is 0.0337 e. The van der Waals surface area contributed by atoms with Crippen LogP contribution in [0.15, 0.2) is 0 Å². The van der Waals surface area contributed by atoms with Gasteiger partial charge in [-0.3, -0.25) is 4.90 Å². The van der Waals surface area contributed by atoms with Crippen LogP contribution in [0.3, 0.4) is 0 Å². The maximum atomic E-state index is 3.95. The van der Waals surface area contributed by atoms with E-state index in [4.69, 9.17) is 0 Å². The van der Waals surface area contributed by atoms with Gasteiger partial charge in [0.25, 0.3) is 0 Å². The summed E-state index contributed by atoms with van der Waals surface area (Å²) in [5, 5.41) is 3.95. The third kappa shape index (κ3) is 2.35. The van der Waals surface area contributed by atoms with E-state index < -0.39 is 0 Å². The zero-order chi connectivity index (χ0) is 12.7. The van der Waals surface area contributed by atoms with E-state index in [1.54, 1.807) is 0 Å². The average molecular weight is 262 g/mol. The third-order valence-corrected chi connectivity index (χ3v) is 6.44. The van der Waals surface area contributed by atoms with E-state index in [-0.39, 0.29) is 0 Å². The number of nitrogens with zero attached hydrogens (tertiary/aromatic N) is 1. The molecule has 1 N–H and O–H groups in total. The predicted molar refractivity (Wildman–Crippen MR) is 79.3 cm³/mol. The highest BCUT2D eigenvalue weighted by Crippen LogP contribution is 2.43. The monoisotopic (exact) mass is 262 g/mol. The number of piperazine rings is 1. The van der Waals surface area contributed by atoms with Crippen LogP contribution in [0.4, 0.5) is 0 Å². The highest BCUT2D eigenvalue weighted by atomic mass is 15.3. The first-order valence-corrected chi connectivity index (χ1v) is 8.88. The molecule has 2 nitrogen and oxygen atoms in total. The SMILES string of the molecule is C1CCC2(CC1)CNC(C1CC1)CN2C1CCCC1. The van der Waals surface area contributed by atoms with Crippen LogP contribution in [0.5, 0.6) is 0 Å². The van der Waals surface area contributed by atoms with Crippen molar-refractivity contribution >= 4 is 0 Å². The molecule has 0 bridgehead atoms. The van der Waals surface area contributed by atoms with Crippen molar-refractivity contribution in [3.63, 3.8) is 0 Å². The van der Waals surface area contributed by atoms with Gasteiger partial charge in [0.15, 0.2) is 0 Å². The molecule has 1 saturated heterocycles. The fraction of sp³-hybridized carbons (Fsp3) is 1.00. The van der Waals surface area contributed by atoms with E-state index >= 15 is 0 Å². The van der Waals surface area contributed by atoms with Gasteiger partial charge in [-0.15, -0.1) is 0 Å². The zero-order valence-corrected chi connectivity index (χ0v) is 12.4. The highest BCUT2D eigenvalue weighted by molar-refractivity contribution is 5.05. The Balaban J connectivity index is 1.54. The molecule has 0 aromatic heterocycles. The van der Waals surface area contributed by atoms with Crippen LogP contribution >= 0.6 is 0 Å². The third-order valence-electron chi connectivity index (χ3n) is 6.44. The van der Waals surface area contributed by atoms with E-state index in [2.05, 4.69) is 10.2 Å². The minimum Gasteiger partial charge on any atom is -0.311 e. The lowest BCUT2D eigenvalue weighted by Gasteiger charge is -2.54. The molecule has 1 unspecified atom stereocenters. The van der Waals surface area contributed by atoms with Crippen LogP contribution in [-0.2, 0) is 0 Å². The molecule has 4 rings (SSSR count). The summed E-state index contributed by atoms with van der Waals surface area (Å²) in [6, 6.07) is 1.76. The minimum absolute atomic E-state index is 0.554. The molecule has 3 saturated carbocycles. The Morgan fingerprint density at radius 2 is 1.58 bits per heavy atom. The molecule has 1 aliphatic heterocycles. The van der Waals surface area contributed by atoms with Crippen LogP contribution in [-0.4, -0.2) is 35.6 Å². The molecule has 0 radical (unpaired) electrons. The Morgan fingerprint density at radius 1 is 0.842 bits per heavy atom. The van der Waals surface area contributed by atoms with Crippen molar-refractivity contribution in [3.05, 3.63) is 0 Å². The van der Waals surface area contributed by atoms with E-state index in [0.717, 1.165) is 18.0 Å². The number of nitrogens with one attached hydrogen (secondary N) is 1. The predicted octanol–water partition coefficient (Wildman–Crippen LogP) is 3.32. The molecule has 0 amide bonds. The van der Waals surface area contributed by atoms with E-state index in [0.29, 0.717) is 5.54 Å². The lowest BCUT2D eigenvalue weighted by atomic mass is 9.77. The Labute approximate surface area is 118 Å². The lowest BCUT2D eigenvalue weighted by Crippen LogP contribution is -2.67. The first-order chi connectivity index (χ1) is 9.37. The van der Waals surface area contributed by atoms with Gasteiger partial charge in [0.05, 0.1) is 0 Å². The maximum absolute atomic E-state index is 3.95. The summed E-state index contributed by atoms with van der Waals surface area (Å²) in [7, 11) is 0. The Bertz CT molecular complexity index is 311. The lowest BCUT2D eigenvalue weighted by molar-refractivity contribution is -0.0242. The van der Waals surface area contributed by atoms with Crippen molar-refractivity contribution in [2.45, 2.75) is 88.3 Å². The van der Waals surface area contributed by atoms with Crippen LogP contribution in [0, 0.1) is 5.92 Å². The summed E-state index contributed by atoms with van der Waals surface area (Å²) >= 11 is 0. The summed E-state index contributed by atoms with van der Waals surface area (Å²) in [5.74, 6) is 1.02. The van der Waals surface area contributed by atoms with Crippen molar-refractivity contribution in [3.8, 4) is 0 Å². The number of rotatable bonds is 2. The van der Waals surface area contributed by atoms with E-state index in [1.165, 1.54) is 83.7 Å². The Kier molecular flexibility index (Phi) is 3.35. The summed E-state index contributed by atoms with van der Waals surface area (Å²) in [4.78, 5) is 3.03. The second-order valence-corrected chi connectivity index (χ2v) is 7.70. The van der Waals surface area contributed by atoms with Crippen molar-refractivity contribution < 1.29 is 0 Å². The van der Waals surface area contributed by atoms with Crippen LogP contribution in [0.25, 0.3) is 0 Å². The molecule has 1 spiro atoms. The van der Waals surface area contributed by atoms with Gasteiger partial charge in [-0.1, -0.05) is 32.1 Å². The molecule has 19 heavy (non-hydrogen) atoms. The molecule has 4 fully saturated rings.